The van der Waals surface area contributed by atoms with Crippen molar-refractivity contribution in [1.29, 1.82) is 0 Å². The first-order valence-corrected chi connectivity index (χ1v) is 4.66. The molecule has 1 heterocycles. The third-order valence-corrected chi connectivity index (χ3v) is 2.29. The van der Waals surface area contributed by atoms with Gasteiger partial charge >= 0.3 is 0 Å². The molecule has 1 aromatic rings. The van der Waals surface area contributed by atoms with E-state index < -0.39 is 0 Å². The van der Waals surface area contributed by atoms with Gasteiger partial charge in [-0.3, -0.25) is 4.98 Å². The second kappa shape index (κ2) is 3.56. The van der Waals surface area contributed by atoms with E-state index in [9.17, 15) is 0 Å². The first-order chi connectivity index (χ1) is 6.38. The van der Waals surface area contributed by atoms with Crippen LogP contribution in [0.5, 0.6) is 0 Å². The van der Waals surface area contributed by atoms with Gasteiger partial charge in [0, 0.05) is 11.8 Å². The van der Waals surface area contributed by atoms with Crippen LogP contribution in [0.1, 0.15) is 31.0 Å². The molecule has 0 aliphatic heterocycles. The number of pyridine rings is 1. The molecule has 0 aromatic carbocycles. The van der Waals surface area contributed by atoms with E-state index in [-0.39, 0.29) is 0 Å². The summed E-state index contributed by atoms with van der Waals surface area (Å²) in [6, 6.07) is 4.10. The average molecular weight is 171 g/mol. The van der Waals surface area contributed by atoms with Gasteiger partial charge in [0.2, 0.25) is 0 Å². The second-order valence-electron chi connectivity index (χ2n) is 3.31. The molecule has 1 aliphatic rings. The summed E-state index contributed by atoms with van der Waals surface area (Å²) in [7, 11) is 0. The minimum absolute atomic E-state index is 1.12. The smallest absolute Gasteiger partial charge is 0.0727 e. The summed E-state index contributed by atoms with van der Waals surface area (Å²) in [5.41, 5.74) is 3.65. The topological polar surface area (TPSA) is 12.9 Å². The van der Waals surface area contributed by atoms with Crippen molar-refractivity contribution in [2.24, 2.45) is 0 Å². The Labute approximate surface area is 78.8 Å². The van der Waals surface area contributed by atoms with Crippen LogP contribution in [0.15, 0.2) is 30.5 Å². The van der Waals surface area contributed by atoms with Crippen LogP contribution in [0.25, 0.3) is 11.6 Å². The van der Waals surface area contributed by atoms with Gasteiger partial charge in [0.25, 0.3) is 0 Å². The molecule has 0 atom stereocenters. The standard InChI is InChI=1S/C12H13N/c1-10-6-3-2-4-7-11-8-5-9-13-12(10)11/h4-9H,2-3H2,1H3/b7-4-,10-6-. The van der Waals surface area contributed by atoms with E-state index in [0.29, 0.717) is 0 Å². The zero-order valence-corrected chi connectivity index (χ0v) is 7.83. The Hall–Kier alpha value is -1.37. The van der Waals surface area contributed by atoms with Gasteiger partial charge in [-0.2, -0.15) is 0 Å². The monoisotopic (exact) mass is 171 g/mol. The zero-order valence-electron chi connectivity index (χ0n) is 7.83. The molecule has 0 unspecified atom stereocenters. The molecule has 0 saturated carbocycles. The van der Waals surface area contributed by atoms with Crippen molar-refractivity contribution in [2.75, 3.05) is 0 Å². The molecular weight excluding hydrogens is 158 g/mol. The molecule has 0 saturated heterocycles. The molecule has 1 nitrogen and oxygen atoms in total. The van der Waals surface area contributed by atoms with E-state index in [4.69, 9.17) is 0 Å². The molecule has 1 aromatic heterocycles. The fourth-order valence-electron chi connectivity index (χ4n) is 1.58. The number of hydrogen-bond acceptors (Lipinski definition) is 1. The average Bonchev–Trinajstić information content (AvgIpc) is 2.14. The predicted molar refractivity (Wildman–Crippen MR) is 56.2 cm³/mol. The fraction of sp³-hybridized carbons (Fsp3) is 0.250. The Kier molecular flexibility index (Phi) is 2.26. The predicted octanol–water partition coefficient (Wildman–Crippen LogP) is 3.29. The zero-order chi connectivity index (χ0) is 9.10. The van der Waals surface area contributed by atoms with Crippen LogP contribution in [0.2, 0.25) is 0 Å². The summed E-state index contributed by atoms with van der Waals surface area (Å²) in [6.07, 6.45) is 10.7. The Bertz CT molecular complexity index is 361. The highest BCUT2D eigenvalue weighted by molar-refractivity contribution is 5.70. The second-order valence-corrected chi connectivity index (χ2v) is 3.31. The maximum atomic E-state index is 4.38. The number of hydrogen-bond donors (Lipinski definition) is 0. The molecule has 0 bridgehead atoms. The molecule has 13 heavy (non-hydrogen) atoms. The minimum Gasteiger partial charge on any atom is -0.256 e. The normalized spacial score (nSPS) is 22.1. The maximum absolute atomic E-state index is 4.38. The molecular formula is C12H13N. The lowest BCUT2D eigenvalue weighted by atomic mass is 10.0. The van der Waals surface area contributed by atoms with Crippen molar-refractivity contribution in [3.8, 4) is 0 Å². The molecule has 0 N–H and O–H groups in total. The first kappa shape index (κ1) is 8.24. The van der Waals surface area contributed by atoms with Crippen LogP contribution in [0.3, 0.4) is 0 Å². The van der Waals surface area contributed by atoms with Gasteiger partial charge in [0.1, 0.15) is 0 Å². The quantitative estimate of drug-likeness (QED) is 0.583. The van der Waals surface area contributed by atoms with Gasteiger partial charge in [0.15, 0.2) is 0 Å². The Balaban J connectivity index is 2.55. The van der Waals surface area contributed by atoms with E-state index in [2.05, 4.69) is 36.2 Å². The summed E-state index contributed by atoms with van der Waals surface area (Å²) in [4.78, 5) is 4.38. The van der Waals surface area contributed by atoms with Gasteiger partial charge in [-0.15, -0.1) is 0 Å². The number of allylic oxidation sites excluding steroid dienone is 3. The Morgan fingerprint density at radius 2 is 2.23 bits per heavy atom. The van der Waals surface area contributed by atoms with Crippen molar-refractivity contribution >= 4 is 11.6 Å². The Morgan fingerprint density at radius 3 is 3.15 bits per heavy atom. The van der Waals surface area contributed by atoms with Gasteiger partial charge < -0.3 is 0 Å². The van der Waals surface area contributed by atoms with Crippen molar-refractivity contribution in [1.82, 2.24) is 4.98 Å². The summed E-state index contributed by atoms with van der Waals surface area (Å²) in [6.45, 7) is 2.13. The molecule has 2 rings (SSSR count). The summed E-state index contributed by atoms with van der Waals surface area (Å²) >= 11 is 0. The van der Waals surface area contributed by atoms with Gasteiger partial charge in [-0.1, -0.05) is 24.3 Å². The van der Waals surface area contributed by atoms with Gasteiger partial charge in [-0.05, 0) is 31.4 Å². The summed E-state index contributed by atoms with van der Waals surface area (Å²) in [5, 5.41) is 0. The van der Waals surface area contributed by atoms with Gasteiger partial charge in [-0.25, -0.2) is 0 Å². The molecule has 66 valence electrons. The lowest BCUT2D eigenvalue weighted by Gasteiger charge is -2.07. The van der Waals surface area contributed by atoms with Crippen molar-refractivity contribution in [2.45, 2.75) is 19.8 Å². The highest BCUT2D eigenvalue weighted by atomic mass is 14.7. The SMILES string of the molecule is C/C1=C/CC/C=C\c2cccnc21. The van der Waals surface area contributed by atoms with E-state index in [1.54, 1.807) is 0 Å². The number of fused-ring (bicyclic) bond motifs is 1. The first-order valence-electron chi connectivity index (χ1n) is 4.66. The van der Waals surface area contributed by atoms with Crippen LogP contribution >= 0.6 is 0 Å². The van der Waals surface area contributed by atoms with Crippen LogP contribution in [-0.4, -0.2) is 4.98 Å². The van der Waals surface area contributed by atoms with Crippen LogP contribution in [-0.2, 0) is 0 Å². The lowest BCUT2D eigenvalue weighted by molar-refractivity contribution is 1.05. The van der Waals surface area contributed by atoms with E-state index in [1.807, 2.05) is 12.3 Å². The van der Waals surface area contributed by atoms with Crippen molar-refractivity contribution in [3.05, 3.63) is 41.7 Å². The molecule has 0 amide bonds. The molecule has 1 aliphatic carbocycles. The third-order valence-electron chi connectivity index (χ3n) is 2.29. The van der Waals surface area contributed by atoms with E-state index >= 15 is 0 Å². The number of aromatic nitrogens is 1. The lowest BCUT2D eigenvalue weighted by Crippen LogP contribution is -1.91. The van der Waals surface area contributed by atoms with Gasteiger partial charge in [0.05, 0.1) is 5.69 Å². The van der Waals surface area contributed by atoms with Crippen LogP contribution in [0.4, 0.5) is 0 Å². The highest BCUT2D eigenvalue weighted by Gasteiger charge is 2.03. The fourth-order valence-corrected chi connectivity index (χ4v) is 1.58. The molecule has 0 spiro atoms. The van der Waals surface area contributed by atoms with Crippen molar-refractivity contribution in [3.63, 3.8) is 0 Å². The number of nitrogens with zero attached hydrogens (tertiary/aromatic N) is 1. The number of rotatable bonds is 0. The molecule has 0 fully saturated rings. The maximum Gasteiger partial charge on any atom is 0.0727 e. The van der Waals surface area contributed by atoms with Crippen LogP contribution in [0, 0.1) is 0 Å². The largest absolute Gasteiger partial charge is 0.256 e. The molecule has 0 radical (unpaired) electrons. The molecule has 1 heteroatoms. The summed E-state index contributed by atoms with van der Waals surface area (Å²) in [5.74, 6) is 0. The van der Waals surface area contributed by atoms with Crippen LogP contribution < -0.4 is 0 Å². The Morgan fingerprint density at radius 1 is 1.31 bits per heavy atom. The third kappa shape index (κ3) is 1.69. The van der Waals surface area contributed by atoms with Crippen molar-refractivity contribution < 1.29 is 0 Å². The van der Waals surface area contributed by atoms with E-state index in [1.165, 1.54) is 11.1 Å². The minimum atomic E-state index is 1.12. The summed E-state index contributed by atoms with van der Waals surface area (Å²) < 4.78 is 0. The van der Waals surface area contributed by atoms with E-state index in [0.717, 1.165) is 18.5 Å². The highest BCUT2D eigenvalue weighted by Crippen LogP contribution is 2.20.